The Morgan fingerprint density at radius 3 is 2.07 bits per heavy atom. The van der Waals surface area contributed by atoms with Crippen molar-refractivity contribution in [3.63, 3.8) is 0 Å². The number of rotatable bonds is 9. The molecule has 228 valence electrons. The van der Waals surface area contributed by atoms with Crippen molar-refractivity contribution in [2.75, 3.05) is 14.2 Å². The van der Waals surface area contributed by atoms with E-state index in [9.17, 15) is 26.7 Å². The second kappa shape index (κ2) is 12.7. The molecule has 11 heteroatoms. The van der Waals surface area contributed by atoms with Crippen LogP contribution in [0.4, 0.5) is 22.0 Å². The van der Waals surface area contributed by atoms with Crippen LogP contribution in [0.5, 0.6) is 17.2 Å². The van der Waals surface area contributed by atoms with Crippen molar-refractivity contribution < 1.29 is 41.0 Å². The maximum Gasteiger partial charge on any atom is 0.573 e. The van der Waals surface area contributed by atoms with Crippen LogP contribution in [-0.4, -0.2) is 32.2 Å². The molecule has 1 aliphatic heterocycles. The van der Waals surface area contributed by atoms with Crippen molar-refractivity contribution in [3.05, 3.63) is 113 Å². The average Bonchev–Trinajstić information content (AvgIpc) is 3.44. The molecule has 1 N–H and O–H groups in total. The summed E-state index contributed by atoms with van der Waals surface area (Å²) in [6, 6.07) is 20.4. The maximum absolute atomic E-state index is 14.7. The van der Waals surface area contributed by atoms with E-state index < -0.39 is 30.0 Å². The first-order chi connectivity index (χ1) is 21.1. The first-order valence-corrected chi connectivity index (χ1v) is 13.5. The molecule has 0 spiro atoms. The summed E-state index contributed by atoms with van der Waals surface area (Å²) >= 11 is 0. The van der Waals surface area contributed by atoms with Crippen molar-refractivity contribution in [2.45, 2.75) is 25.4 Å². The van der Waals surface area contributed by atoms with Gasteiger partial charge in [0.15, 0.2) is 11.5 Å². The van der Waals surface area contributed by atoms with Crippen molar-refractivity contribution >= 4 is 11.6 Å². The first kappa shape index (κ1) is 30.5. The number of methoxy groups -OCH3 is 2. The normalized spacial score (nSPS) is 16.3. The number of benzene rings is 4. The van der Waals surface area contributed by atoms with Crippen LogP contribution in [0.15, 0.2) is 89.9 Å². The molecule has 4 aromatic rings. The molecule has 0 aromatic heterocycles. The Balaban J connectivity index is 1.41. The SMILES string of the molecule is COc1cccc(CNC(=O)[C@H]2CC(c3c(F)cccc3F)=N[C@H]2c2ccc(-c3ccc(OC(F)(F)F)cc3)cc2)c1OC. The fraction of sp³-hybridized carbons (Fsp3) is 0.212. The molecule has 0 fully saturated rings. The number of carbonyl (C=O) groups excluding carboxylic acids is 1. The number of amides is 1. The van der Waals surface area contributed by atoms with Crippen LogP contribution in [0, 0.1) is 17.6 Å². The van der Waals surface area contributed by atoms with Crippen LogP contribution >= 0.6 is 0 Å². The van der Waals surface area contributed by atoms with E-state index in [1.807, 2.05) is 0 Å². The Hall–Kier alpha value is -4.93. The molecule has 1 amide bonds. The minimum absolute atomic E-state index is 0.00792. The van der Waals surface area contributed by atoms with Crippen molar-refractivity contribution in [2.24, 2.45) is 10.9 Å². The monoisotopic (exact) mass is 610 g/mol. The Morgan fingerprint density at radius 2 is 1.48 bits per heavy atom. The summed E-state index contributed by atoms with van der Waals surface area (Å²) in [5.74, 6) is -2.09. The van der Waals surface area contributed by atoms with E-state index >= 15 is 0 Å². The molecule has 1 aliphatic rings. The molecule has 0 radical (unpaired) electrons. The minimum atomic E-state index is -4.79. The van der Waals surface area contributed by atoms with Crippen LogP contribution < -0.4 is 19.5 Å². The Labute approximate surface area is 250 Å². The highest BCUT2D eigenvalue weighted by Gasteiger charge is 2.38. The van der Waals surface area contributed by atoms with E-state index in [1.165, 1.54) is 44.6 Å². The lowest BCUT2D eigenvalue weighted by atomic mass is 9.89. The lowest BCUT2D eigenvalue weighted by Crippen LogP contribution is -2.32. The van der Waals surface area contributed by atoms with Gasteiger partial charge in [-0.25, -0.2) is 8.78 Å². The fourth-order valence-electron chi connectivity index (χ4n) is 5.24. The number of aliphatic imine (C=N–C) groups is 1. The van der Waals surface area contributed by atoms with Gasteiger partial charge in [-0.05, 0) is 47.0 Å². The number of nitrogens with one attached hydrogen (secondary N) is 1. The summed E-state index contributed by atoms with van der Waals surface area (Å²) in [5.41, 5.74) is 2.48. The maximum atomic E-state index is 14.7. The van der Waals surface area contributed by atoms with Crippen LogP contribution in [0.2, 0.25) is 0 Å². The zero-order chi connectivity index (χ0) is 31.4. The van der Waals surface area contributed by atoms with Gasteiger partial charge in [0.25, 0.3) is 0 Å². The van der Waals surface area contributed by atoms with Gasteiger partial charge in [-0.1, -0.05) is 54.6 Å². The van der Waals surface area contributed by atoms with Crippen LogP contribution in [0.3, 0.4) is 0 Å². The van der Waals surface area contributed by atoms with Gasteiger partial charge in [0.1, 0.15) is 17.4 Å². The summed E-state index contributed by atoms with van der Waals surface area (Å²) in [6.07, 6.45) is -4.80. The summed E-state index contributed by atoms with van der Waals surface area (Å²) in [7, 11) is 3.00. The van der Waals surface area contributed by atoms with Gasteiger partial charge in [-0.15, -0.1) is 13.2 Å². The molecule has 0 unspecified atom stereocenters. The molecular weight excluding hydrogens is 583 g/mol. The number of hydrogen-bond donors (Lipinski definition) is 1. The van der Waals surface area contributed by atoms with Gasteiger partial charge >= 0.3 is 6.36 Å². The molecule has 44 heavy (non-hydrogen) atoms. The lowest BCUT2D eigenvalue weighted by Gasteiger charge is -2.19. The molecule has 4 aromatic carbocycles. The number of hydrogen-bond acceptors (Lipinski definition) is 5. The molecule has 0 aliphatic carbocycles. The molecule has 0 bridgehead atoms. The molecule has 1 heterocycles. The average molecular weight is 611 g/mol. The van der Waals surface area contributed by atoms with E-state index in [0.717, 1.165) is 12.1 Å². The zero-order valence-electron chi connectivity index (χ0n) is 23.6. The third kappa shape index (κ3) is 6.66. The first-order valence-electron chi connectivity index (χ1n) is 13.5. The Kier molecular flexibility index (Phi) is 8.84. The molecular formula is C33H27F5N2O4. The lowest BCUT2D eigenvalue weighted by molar-refractivity contribution is -0.274. The number of nitrogens with zero attached hydrogens (tertiary/aromatic N) is 1. The quantitative estimate of drug-likeness (QED) is 0.201. The summed E-state index contributed by atoms with van der Waals surface area (Å²) < 4.78 is 81.7. The number of para-hydroxylation sites is 1. The summed E-state index contributed by atoms with van der Waals surface area (Å²) in [5, 5.41) is 2.90. The number of alkyl halides is 3. The zero-order valence-corrected chi connectivity index (χ0v) is 23.6. The number of halogens is 5. The molecule has 5 rings (SSSR count). The van der Waals surface area contributed by atoms with Gasteiger partial charge < -0.3 is 19.5 Å². The highest BCUT2D eigenvalue weighted by molar-refractivity contribution is 6.05. The number of ether oxygens (including phenoxy) is 3. The predicted octanol–water partition coefficient (Wildman–Crippen LogP) is 7.41. The fourth-order valence-corrected chi connectivity index (χ4v) is 5.24. The number of carbonyl (C=O) groups is 1. The Bertz CT molecular complexity index is 1650. The van der Waals surface area contributed by atoms with Crippen molar-refractivity contribution in [1.29, 1.82) is 0 Å². The van der Waals surface area contributed by atoms with Gasteiger partial charge in [-0.3, -0.25) is 9.79 Å². The van der Waals surface area contributed by atoms with Crippen molar-refractivity contribution in [1.82, 2.24) is 5.32 Å². The second-order valence-corrected chi connectivity index (χ2v) is 9.99. The van der Waals surface area contributed by atoms with E-state index in [2.05, 4.69) is 15.0 Å². The van der Waals surface area contributed by atoms with Gasteiger partial charge in [-0.2, -0.15) is 0 Å². The van der Waals surface area contributed by atoms with Gasteiger partial charge in [0.2, 0.25) is 5.91 Å². The van der Waals surface area contributed by atoms with E-state index in [-0.39, 0.29) is 35.9 Å². The van der Waals surface area contributed by atoms with Crippen LogP contribution in [0.1, 0.15) is 29.2 Å². The van der Waals surface area contributed by atoms with E-state index in [0.29, 0.717) is 33.8 Å². The van der Waals surface area contributed by atoms with Crippen molar-refractivity contribution in [3.8, 4) is 28.4 Å². The highest BCUT2D eigenvalue weighted by atomic mass is 19.4. The molecule has 0 saturated carbocycles. The third-order valence-corrected chi connectivity index (χ3v) is 7.29. The topological polar surface area (TPSA) is 69.2 Å². The molecule has 2 atom stereocenters. The van der Waals surface area contributed by atoms with Crippen LogP contribution in [0.25, 0.3) is 11.1 Å². The standard InChI is InChI=1S/C33H27F5N2O4/c1-42-28-8-3-5-22(31(28)43-2)18-39-32(41)24-17-27(29-25(34)6-4-7-26(29)35)40-30(24)21-11-9-19(10-12-21)20-13-15-23(16-14-20)44-33(36,37)38/h3-16,24,30H,17-18H2,1-2H3,(H,39,41)/t24-,30-/m0/s1. The van der Waals surface area contributed by atoms with Gasteiger partial charge in [0, 0.05) is 24.2 Å². The van der Waals surface area contributed by atoms with E-state index in [1.54, 1.807) is 42.5 Å². The predicted molar refractivity (Wildman–Crippen MR) is 154 cm³/mol. The summed E-state index contributed by atoms with van der Waals surface area (Å²) in [4.78, 5) is 18.2. The third-order valence-electron chi connectivity index (χ3n) is 7.29. The summed E-state index contributed by atoms with van der Waals surface area (Å²) in [6.45, 7) is 0.110. The van der Waals surface area contributed by atoms with Gasteiger partial charge in [0.05, 0.1) is 31.7 Å². The minimum Gasteiger partial charge on any atom is -0.493 e. The van der Waals surface area contributed by atoms with Crippen LogP contribution in [-0.2, 0) is 11.3 Å². The highest BCUT2D eigenvalue weighted by Crippen LogP contribution is 2.39. The smallest absolute Gasteiger partial charge is 0.493 e. The second-order valence-electron chi connectivity index (χ2n) is 9.99. The Morgan fingerprint density at radius 1 is 0.864 bits per heavy atom. The van der Waals surface area contributed by atoms with E-state index in [4.69, 9.17) is 9.47 Å². The molecule has 0 saturated heterocycles. The largest absolute Gasteiger partial charge is 0.573 e. The molecule has 6 nitrogen and oxygen atoms in total.